The van der Waals surface area contributed by atoms with Crippen molar-refractivity contribution in [3.63, 3.8) is 0 Å². The fourth-order valence-electron chi connectivity index (χ4n) is 1.44. The number of ether oxygens (including phenoxy) is 1. The first-order valence-corrected chi connectivity index (χ1v) is 5.56. The monoisotopic (exact) mass is 280 g/mol. The van der Waals surface area contributed by atoms with E-state index in [0.717, 1.165) is 0 Å². The zero-order chi connectivity index (χ0) is 13.8. The summed E-state index contributed by atoms with van der Waals surface area (Å²) in [6, 6.07) is 6.02. The highest BCUT2D eigenvalue weighted by Gasteiger charge is 2.15. The Kier molecular flexibility index (Phi) is 3.76. The van der Waals surface area contributed by atoms with Gasteiger partial charge in [-0.25, -0.2) is 9.97 Å². The van der Waals surface area contributed by atoms with Crippen LogP contribution in [0.25, 0.3) is 0 Å². The number of hydrogen-bond donors (Lipinski definition) is 1. The van der Waals surface area contributed by atoms with Crippen molar-refractivity contribution in [3.8, 4) is 5.75 Å². The summed E-state index contributed by atoms with van der Waals surface area (Å²) in [4.78, 5) is 18.1. The summed E-state index contributed by atoms with van der Waals surface area (Å²) >= 11 is 5.64. The molecule has 1 aromatic heterocycles. The van der Waals surface area contributed by atoms with E-state index < -0.39 is 4.92 Å². The number of nitrogens with one attached hydrogen (secondary N) is 1. The second-order valence-corrected chi connectivity index (χ2v) is 3.81. The van der Waals surface area contributed by atoms with E-state index in [1.807, 2.05) is 0 Å². The topological polar surface area (TPSA) is 90.2 Å². The summed E-state index contributed by atoms with van der Waals surface area (Å²) < 4.78 is 4.95. The maximum atomic E-state index is 11.0. The minimum atomic E-state index is -0.506. The molecule has 8 heteroatoms. The molecule has 0 atom stereocenters. The lowest BCUT2D eigenvalue weighted by Crippen LogP contribution is -1.99. The Hall–Kier alpha value is -2.41. The van der Waals surface area contributed by atoms with Crippen LogP contribution in [0.1, 0.15) is 0 Å². The zero-order valence-electron chi connectivity index (χ0n) is 9.83. The van der Waals surface area contributed by atoms with Crippen molar-refractivity contribution in [1.82, 2.24) is 9.97 Å². The number of nitrogens with zero attached hydrogens (tertiary/aromatic N) is 3. The number of nitro benzene ring substituents is 1. The quantitative estimate of drug-likeness (QED) is 0.526. The molecule has 0 aliphatic rings. The Bertz CT molecular complexity index is 621. The van der Waals surface area contributed by atoms with Crippen molar-refractivity contribution in [2.75, 3.05) is 12.4 Å². The van der Waals surface area contributed by atoms with Crippen molar-refractivity contribution in [1.29, 1.82) is 0 Å². The molecule has 2 rings (SSSR count). The molecule has 0 radical (unpaired) electrons. The van der Waals surface area contributed by atoms with Crippen molar-refractivity contribution >= 4 is 28.8 Å². The lowest BCUT2D eigenvalue weighted by atomic mass is 10.2. The number of hydrogen-bond acceptors (Lipinski definition) is 6. The number of aromatic nitrogens is 2. The SMILES string of the molecule is COc1ccc(Nc2ccnc(Cl)n2)c([N+](=O)[O-])c1. The van der Waals surface area contributed by atoms with Gasteiger partial charge in [-0.3, -0.25) is 10.1 Å². The molecule has 0 spiro atoms. The van der Waals surface area contributed by atoms with Crippen molar-refractivity contribution in [3.05, 3.63) is 45.9 Å². The molecule has 19 heavy (non-hydrogen) atoms. The zero-order valence-corrected chi connectivity index (χ0v) is 10.6. The molecule has 1 heterocycles. The first kappa shape index (κ1) is 13.0. The van der Waals surface area contributed by atoms with Crippen LogP contribution in [-0.2, 0) is 0 Å². The molecule has 7 nitrogen and oxygen atoms in total. The standard InChI is InChI=1S/C11H9ClN4O3/c1-19-7-2-3-8(9(6-7)16(17)18)14-10-4-5-13-11(12)15-10/h2-6H,1H3,(H,13,14,15). The van der Waals surface area contributed by atoms with Crippen molar-refractivity contribution in [2.24, 2.45) is 0 Å². The van der Waals surface area contributed by atoms with E-state index in [2.05, 4.69) is 15.3 Å². The lowest BCUT2D eigenvalue weighted by molar-refractivity contribution is -0.384. The molecule has 0 unspecified atom stereocenters. The summed E-state index contributed by atoms with van der Waals surface area (Å²) in [5.74, 6) is 0.770. The minimum Gasteiger partial charge on any atom is -0.496 e. The molecule has 0 aliphatic carbocycles. The molecular weight excluding hydrogens is 272 g/mol. The highest BCUT2D eigenvalue weighted by molar-refractivity contribution is 6.28. The van der Waals surface area contributed by atoms with E-state index in [-0.39, 0.29) is 11.0 Å². The Balaban J connectivity index is 2.36. The first-order valence-electron chi connectivity index (χ1n) is 5.18. The van der Waals surface area contributed by atoms with Crippen LogP contribution in [0.5, 0.6) is 5.75 Å². The highest BCUT2D eigenvalue weighted by Crippen LogP contribution is 2.30. The molecule has 2 aromatic rings. The fraction of sp³-hybridized carbons (Fsp3) is 0.0909. The minimum absolute atomic E-state index is 0.0566. The van der Waals surface area contributed by atoms with Gasteiger partial charge in [0.15, 0.2) is 0 Å². The van der Waals surface area contributed by atoms with Crippen LogP contribution >= 0.6 is 11.6 Å². The van der Waals surface area contributed by atoms with Gasteiger partial charge in [-0.15, -0.1) is 0 Å². The van der Waals surface area contributed by atoms with Gasteiger partial charge in [0, 0.05) is 6.20 Å². The van der Waals surface area contributed by atoms with Crippen molar-refractivity contribution in [2.45, 2.75) is 0 Å². The normalized spacial score (nSPS) is 10.0. The Morgan fingerprint density at radius 2 is 2.21 bits per heavy atom. The van der Waals surface area contributed by atoms with Crippen LogP contribution in [-0.4, -0.2) is 22.0 Å². The van der Waals surface area contributed by atoms with Crippen LogP contribution in [0.4, 0.5) is 17.2 Å². The molecule has 98 valence electrons. The third kappa shape index (κ3) is 3.08. The second-order valence-electron chi connectivity index (χ2n) is 3.48. The molecule has 0 fully saturated rings. The molecule has 0 saturated heterocycles. The van der Waals surface area contributed by atoms with Gasteiger partial charge in [0.2, 0.25) is 5.28 Å². The van der Waals surface area contributed by atoms with E-state index in [0.29, 0.717) is 17.3 Å². The summed E-state index contributed by atoms with van der Waals surface area (Å²) in [5, 5.41) is 13.9. The van der Waals surface area contributed by atoms with Gasteiger partial charge >= 0.3 is 0 Å². The number of halogens is 1. The summed E-state index contributed by atoms with van der Waals surface area (Å²) in [5.41, 5.74) is 0.176. The molecule has 0 bridgehead atoms. The highest BCUT2D eigenvalue weighted by atomic mass is 35.5. The summed E-state index contributed by atoms with van der Waals surface area (Å²) in [6.07, 6.45) is 1.45. The van der Waals surface area contributed by atoms with E-state index in [1.165, 1.54) is 25.4 Å². The van der Waals surface area contributed by atoms with E-state index in [4.69, 9.17) is 16.3 Å². The maximum Gasteiger partial charge on any atom is 0.296 e. The summed E-state index contributed by atoms with van der Waals surface area (Å²) in [7, 11) is 1.44. The average Bonchev–Trinajstić information content (AvgIpc) is 2.39. The Morgan fingerprint density at radius 3 is 2.84 bits per heavy atom. The number of nitro groups is 1. The van der Waals surface area contributed by atoms with Gasteiger partial charge in [0.05, 0.1) is 18.1 Å². The smallest absolute Gasteiger partial charge is 0.296 e. The van der Waals surface area contributed by atoms with E-state index in [9.17, 15) is 10.1 Å². The van der Waals surface area contributed by atoms with Crippen LogP contribution in [0, 0.1) is 10.1 Å². The maximum absolute atomic E-state index is 11.0. The van der Waals surface area contributed by atoms with E-state index >= 15 is 0 Å². The first-order chi connectivity index (χ1) is 9.10. The Morgan fingerprint density at radius 1 is 1.42 bits per heavy atom. The summed E-state index contributed by atoms with van der Waals surface area (Å²) in [6.45, 7) is 0. The fourth-order valence-corrected chi connectivity index (χ4v) is 1.59. The molecular formula is C11H9ClN4O3. The van der Waals surface area contributed by atoms with Crippen LogP contribution in [0.3, 0.4) is 0 Å². The third-order valence-corrected chi connectivity index (χ3v) is 2.47. The molecule has 0 saturated carbocycles. The van der Waals surface area contributed by atoms with Gasteiger partial charge in [-0.05, 0) is 29.8 Å². The average molecular weight is 281 g/mol. The Labute approximate surface area is 113 Å². The van der Waals surface area contributed by atoms with Gasteiger partial charge in [-0.2, -0.15) is 0 Å². The van der Waals surface area contributed by atoms with Gasteiger partial charge < -0.3 is 10.1 Å². The van der Waals surface area contributed by atoms with Gasteiger partial charge in [-0.1, -0.05) is 0 Å². The third-order valence-electron chi connectivity index (χ3n) is 2.29. The van der Waals surface area contributed by atoms with Crippen LogP contribution in [0.2, 0.25) is 5.28 Å². The lowest BCUT2D eigenvalue weighted by Gasteiger charge is -2.07. The number of rotatable bonds is 4. The number of methoxy groups -OCH3 is 1. The molecule has 1 aromatic carbocycles. The van der Waals surface area contributed by atoms with Crippen molar-refractivity contribution < 1.29 is 9.66 Å². The van der Waals surface area contributed by atoms with Crippen LogP contribution in [0.15, 0.2) is 30.5 Å². The molecule has 1 N–H and O–H groups in total. The molecule has 0 aliphatic heterocycles. The molecule has 0 amide bonds. The number of anilines is 2. The largest absolute Gasteiger partial charge is 0.496 e. The number of benzene rings is 1. The predicted octanol–water partition coefficient (Wildman–Crippen LogP) is 2.79. The van der Waals surface area contributed by atoms with Crippen LogP contribution < -0.4 is 10.1 Å². The van der Waals surface area contributed by atoms with E-state index in [1.54, 1.807) is 12.1 Å². The van der Waals surface area contributed by atoms with Gasteiger partial charge in [0.1, 0.15) is 17.3 Å². The van der Waals surface area contributed by atoms with Gasteiger partial charge in [0.25, 0.3) is 5.69 Å². The second kappa shape index (κ2) is 5.49. The predicted molar refractivity (Wildman–Crippen MR) is 70.0 cm³/mol.